The summed E-state index contributed by atoms with van der Waals surface area (Å²) in [5.41, 5.74) is 2.35. The van der Waals surface area contributed by atoms with E-state index in [1.807, 2.05) is 25.1 Å². The summed E-state index contributed by atoms with van der Waals surface area (Å²) in [5.74, 6) is -0.736. The number of Topliss-reactive ketones (excluding diaryl/α,β-unsaturated/α-hetero) is 1. The smallest absolute Gasteiger partial charge is 0.299 e. The number of amides is 1. The number of ketones is 1. The number of aryl methyl sites for hydroxylation is 1. The zero-order valence-corrected chi connectivity index (χ0v) is 11.2. The normalized spacial score (nSPS) is 19.3. The monoisotopic (exact) mass is 258 g/mol. The van der Waals surface area contributed by atoms with Crippen LogP contribution in [0.2, 0.25) is 0 Å². The number of likely N-dealkylation sites (tertiary alicyclic amines) is 1. The molecule has 4 nitrogen and oxygen atoms in total. The van der Waals surface area contributed by atoms with Gasteiger partial charge in [-0.2, -0.15) is 0 Å². The number of carbonyl (C=O) groups excluding carboxylic acids is 2. The summed E-state index contributed by atoms with van der Waals surface area (Å²) >= 11 is 0. The van der Waals surface area contributed by atoms with Crippen molar-refractivity contribution < 1.29 is 9.59 Å². The van der Waals surface area contributed by atoms with Crippen LogP contribution in [-0.4, -0.2) is 42.8 Å². The molecule has 0 aromatic heterocycles. The molecule has 2 aliphatic rings. The Balaban J connectivity index is 1.78. The largest absolute Gasteiger partial charge is 0.303 e. The minimum atomic E-state index is -0.375. The Morgan fingerprint density at radius 1 is 1.11 bits per heavy atom. The number of hydrogen-bond donors (Lipinski definition) is 0. The lowest BCUT2D eigenvalue weighted by Crippen LogP contribution is -2.37. The highest BCUT2D eigenvalue weighted by molar-refractivity contribution is 6.52. The van der Waals surface area contributed by atoms with Crippen LogP contribution >= 0.6 is 0 Å². The Labute approximate surface area is 113 Å². The fourth-order valence-electron chi connectivity index (χ4n) is 2.88. The van der Waals surface area contributed by atoms with Crippen LogP contribution in [0.5, 0.6) is 0 Å². The van der Waals surface area contributed by atoms with Crippen LogP contribution in [0.15, 0.2) is 18.2 Å². The first-order valence-corrected chi connectivity index (χ1v) is 6.86. The highest BCUT2D eigenvalue weighted by Gasteiger charge is 2.35. The van der Waals surface area contributed by atoms with E-state index in [-0.39, 0.29) is 11.7 Å². The van der Waals surface area contributed by atoms with Gasteiger partial charge in [0.1, 0.15) is 0 Å². The number of fused-ring (bicyclic) bond motifs is 1. The van der Waals surface area contributed by atoms with Crippen LogP contribution in [-0.2, 0) is 4.79 Å². The molecule has 1 fully saturated rings. The van der Waals surface area contributed by atoms with E-state index in [4.69, 9.17) is 0 Å². The molecule has 0 aliphatic carbocycles. The van der Waals surface area contributed by atoms with Crippen molar-refractivity contribution in [2.75, 3.05) is 31.1 Å². The van der Waals surface area contributed by atoms with Crippen molar-refractivity contribution in [3.63, 3.8) is 0 Å². The molecule has 0 N–H and O–H groups in total. The van der Waals surface area contributed by atoms with E-state index in [0.717, 1.165) is 30.9 Å². The Kier molecular flexibility index (Phi) is 3.11. The van der Waals surface area contributed by atoms with Gasteiger partial charge in [0.2, 0.25) is 0 Å². The number of rotatable bonds is 3. The van der Waals surface area contributed by atoms with Gasteiger partial charge in [-0.05, 0) is 45.0 Å². The first-order chi connectivity index (χ1) is 9.16. The van der Waals surface area contributed by atoms with E-state index in [0.29, 0.717) is 12.1 Å². The van der Waals surface area contributed by atoms with Gasteiger partial charge in [-0.15, -0.1) is 0 Å². The van der Waals surface area contributed by atoms with E-state index < -0.39 is 0 Å². The molecular weight excluding hydrogens is 240 g/mol. The molecule has 100 valence electrons. The van der Waals surface area contributed by atoms with Crippen molar-refractivity contribution in [3.8, 4) is 0 Å². The number of carbonyl (C=O) groups is 2. The Hall–Kier alpha value is -1.68. The Morgan fingerprint density at radius 3 is 2.58 bits per heavy atom. The summed E-state index contributed by atoms with van der Waals surface area (Å²) in [4.78, 5) is 28.0. The highest BCUT2D eigenvalue weighted by Crippen LogP contribution is 2.29. The molecule has 0 bridgehead atoms. The second-order valence-electron chi connectivity index (χ2n) is 5.36. The molecule has 0 spiro atoms. The first kappa shape index (κ1) is 12.4. The summed E-state index contributed by atoms with van der Waals surface area (Å²) < 4.78 is 0. The minimum Gasteiger partial charge on any atom is -0.303 e. The van der Waals surface area contributed by atoms with E-state index >= 15 is 0 Å². The Morgan fingerprint density at radius 2 is 1.84 bits per heavy atom. The summed E-state index contributed by atoms with van der Waals surface area (Å²) in [5, 5.41) is 0. The van der Waals surface area contributed by atoms with Gasteiger partial charge in [0.15, 0.2) is 0 Å². The fourth-order valence-corrected chi connectivity index (χ4v) is 2.88. The Bertz CT molecular complexity index is 533. The lowest BCUT2D eigenvalue weighted by atomic mass is 10.1. The SMILES string of the molecule is Cc1ccc2c(c1)C(=O)C(=O)N2CCN1CCCC1. The maximum atomic E-state index is 12.0. The van der Waals surface area contributed by atoms with E-state index in [1.54, 1.807) is 4.90 Å². The molecule has 4 heteroatoms. The third kappa shape index (κ3) is 2.16. The van der Waals surface area contributed by atoms with Gasteiger partial charge in [0.05, 0.1) is 11.3 Å². The fraction of sp³-hybridized carbons (Fsp3) is 0.467. The van der Waals surface area contributed by atoms with Crippen LogP contribution in [0.1, 0.15) is 28.8 Å². The minimum absolute atomic E-state index is 0.361. The standard InChI is InChI=1S/C15H18N2O2/c1-11-4-5-13-12(10-11)14(18)15(19)17(13)9-8-16-6-2-3-7-16/h4-5,10H,2-3,6-9H2,1H3. The van der Waals surface area contributed by atoms with Crippen LogP contribution in [0, 0.1) is 6.92 Å². The van der Waals surface area contributed by atoms with Gasteiger partial charge in [-0.25, -0.2) is 0 Å². The van der Waals surface area contributed by atoms with Gasteiger partial charge in [0.25, 0.3) is 11.7 Å². The molecule has 2 aliphatic heterocycles. The summed E-state index contributed by atoms with van der Waals surface area (Å²) in [6.07, 6.45) is 2.48. The molecule has 0 unspecified atom stereocenters. The predicted molar refractivity (Wildman–Crippen MR) is 73.5 cm³/mol. The summed E-state index contributed by atoms with van der Waals surface area (Å²) in [6, 6.07) is 5.65. The highest BCUT2D eigenvalue weighted by atomic mass is 16.2. The zero-order chi connectivity index (χ0) is 13.4. The molecule has 19 heavy (non-hydrogen) atoms. The number of anilines is 1. The van der Waals surface area contributed by atoms with Crippen LogP contribution in [0.3, 0.4) is 0 Å². The maximum absolute atomic E-state index is 12.0. The van der Waals surface area contributed by atoms with Gasteiger partial charge < -0.3 is 9.80 Å². The number of nitrogens with zero attached hydrogens (tertiary/aromatic N) is 2. The number of benzene rings is 1. The number of hydrogen-bond acceptors (Lipinski definition) is 3. The van der Waals surface area contributed by atoms with Crippen molar-refractivity contribution in [3.05, 3.63) is 29.3 Å². The quantitative estimate of drug-likeness (QED) is 0.774. The van der Waals surface area contributed by atoms with Crippen LogP contribution in [0.25, 0.3) is 0 Å². The molecule has 0 atom stereocenters. The topological polar surface area (TPSA) is 40.6 Å². The molecular formula is C15H18N2O2. The molecule has 2 heterocycles. The average molecular weight is 258 g/mol. The van der Waals surface area contributed by atoms with Crippen molar-refractivity contribution >= 4 is 17.4 Å². The van der Waals surface area contributed by atoms with Crippen LogP contribution in [0.4, 0.5) is 5.69 Å². The van der Waals surface area contributed by atoms with Crippen molar-refractivity contribution in [2.45, 2.75) is 19.8 Å². The van der Waals surface area contributed by atoms with Gasteiger partial charge in [-0.3, -0.25) is 9.59 Å². The third-order valence-corrected chi connectivity index (χ3v) is 3.97. The molecule has 3 rings (SSSR count). The van der Waals surface area contributed by atoms with E-state index in [1.165, 1.54) is 12.8 Å². The zero-order valence-electron chi connectivity index (χ0n) is 11.2. The van der Waals surface area contributed by atoms with E-state index in [9.17, 15) is 9.59 Å². The average Bonchev–Trinajstić information content (AvgIpc) is 2.98. The van der Waals surface area contributed by atoms with Crippen LogP contribution < -0.4 is 4.90 Å². The second-order valence-corrected chi connectivity index (χ2v) is 5.36. The first-order valence-electron chi connectivity index (χ1n) is 6.86. The molecule has 1 amide bonds. The van der Waals surface area contributed by atoms with E-state index in [2.05, 4.69) is 4.90 Å². The molecule has 1 saturated heterocycles. The molecule has 0 radical (unpaired) electrons. The van der Waals surface area contributed by atoms with Gasteiger partial charge in [-0.1, -0.05) is 11.6 Å². The lowest BCUT2D eigenvalue weighted by molar-refractivity contribution is -0.114. The summed E-state index contributed by atoms with van der Waals surface area (Å²) in [6.45, 7) is 5.62. The third-order valence-electron chi connectivity index (χ3n) is 3.97. The maximum Gasteiger partial charge on any atom is 0.299 e. The molecule has 0 saturated carbocycles. The van der Waals surface area contributed by atoms with Gasteiger partial charge in [0, 0.05) is 13.1 Å². The van der Waals surface area contributed by atoms with Crippen molar-refractivity contribution in [1.29, 1.82) is 0 Å². The summed E-state index contributed by atoms with van der Waals surface area (Å²) in [7, 11) is 0. The predicted octanol–water partition coefficient (Wildman–Crippen LogP) is 1.62. The second kappa shape index (κ2) is 4.78. The molecule has 1 aromatic carbocycles. The van der Waals surface area contributed by atoms with Gasteiger partial charge >= 0.3 is 0 Å². The lowest BCUT2D eigenvalue weighted by Gasteiger charge is -2.21. The van der Waals surface area contributed by atoms with Crippen molar-refractivity contribution in [1.82, 2.24) is 4.90 Å². The molecule has 1 aromatic rings. The van der Waals surface area contributed by atoms with Crippen molar-refractivity contribution in [2.24, 2.45) is 0 Å².